The van der Waals surface area contributed by atoms with Crippen LogP contribution in [0.3, 0.4) is 0 Å². The summed E-state index contributed by atoms with van der Waals surface area (Å²) in [6.07, 6.45) is 2.48. The Hall–Kier alpha value is -0.820. The van der Waals surface area contributed by atoms with E-state index in [1.807, 2.05) is 0 Å². The van der Waals surface area contributed by atoms with Crippen molar-refractivity contribution in [3.05, 3.63) is 35.4 Å². The topological polar surface area (TPSA) is 12.0 Å². The third-order valence-electron chi connectivity index (χ3n) is 3.25. The molecule has 0 aliphatic rings. The molecule has 0 amide bonds. The summed E-state index contributed by atoms with van der Waals surface area (Å²) in [5.41, 5.74) is 2.88. The van der Waals surface area contributed by atoms with Crippen LogP contribution in [-0.2, 0) is 0 Å². The van der Waals surface area contributed by atoms with Gasteiger partial charge in [-0.3, -0.25) is 0 Å². The van der Waals surface area contributed by atoms with E-state index in [0.717, 1.165) is 0 Å². The average Bonchev–Trinajstić information content (AvgIpc) is 2.25. The van der Waals surface area contributed by atoms with E-state index in [1.165, 1.54) is 24.0 Å². The second-order valence-corrected chi connectivity index (χ2v) is 4.33. The molecule has 15 heavy (non-hydrogen) atoms. The van der Waals surface area contributed by atoms with Crippen LogP contribution in [0.25, 0.3) is 0 Å². The zero-order chi connectivity index (χ0) is 11.3. The number of benzene rings is 1. The van der Waals surface area contributed by atoms with Crippen molar-refractivity contribution in [1.29, 1.82) is 0 Å². The SMILES string of the molecule is CCCC(NC)C(C)c1ccccc1C. The minimum absolute atomic E-state index is 0.594. The van der Waals surface area contributed by atoms with Crippen molar-refractivity contribution < 1.29 is 0 Å². The number of hydrogen-bond acceptors (Lipinski definition) is 1. The van der Waals surface area contributed by atoms with Crippen molar-refractivity contribution in [2.75, 3.05) is 7.05 Å². The molecule has 0 bridgehead atoms. The Balaban J connectivity index is 2.82. The first kappa shape index (κ1) is 12.3. The summed E-state index contributed by atoms with van der Waals surface area (Å²) in [5, 5.41) is 3.43. The van der Waals surface area contributed by atoms with E-state index in [9.17, 15) is 0 Å². The fourth-order valence-corrected chi connectivity index (χ4v) is 2.27. The molecule has 0 saturated heterocycles. The van der Waals surface area contributed by atoms with E-state index in [2.05, 4.69) is 57.4 Å². The molecule has 2 unspecified atom stereocenters. The minimum atomic E-state index is 0.594. The van der Waals surface area contributed by atoms with Crippen LogP contribution in [-0.4, -0.2) is 13.1 Å². The van der Waals surface area contributed by atoms with Crippen molar-refractivity contribution in [3.63, 3.8) is 0 Å². The molecule has 1 rings (SSSR count). The second-order valence-electron chi connectivity index (χ2n) is 4.33. The molecule has 84 valence electrons. The maximum atomic E-state index is 3.43. The highest BCUT2D eigenvalue weighted by Crippen LogP contribution is 2.24. The van der Waals surface area contributed by atoms with Crippen LogP contribution in [0.2, 0.25) is 0 Å². The Kier molecular flexibility index (Phi) is 4.83. The van der Waals surface area contributed by atoms with Gasteiger partial charge in [-0.25, -0.2) is 0 Å². The maximum Gasteiger partial charge on any atom is 0.0130 e. The van der Waals surface area contributed by atoms with E-state index in [0.29, 0.717) is 12.0 Å². The minimum Gasteiger partial charge on any atom is -0.316 e. The zero-order valence-corrected chi connectivity index (χ0v) is 10.4. The normalized spacial score (nSPS) is 14.9. The van der Waals surface area contributed by atoms with Crippen LogP contribution < -0.4 is 5.32 Å². The highest BCUT2D eigenvalue weighted by Gasteiger charge is 2.17. The van der Waals surface area contributed by atoms with Crippen LogP contribution >= 0.6 is 0 Å². The van der Waals surface area contributed by atoms with Gasteiger partial charge in [0.05, 0.1) is 0 Å². The van der Waals surface area contributed by atoms with Crippen LogP contribution in [0.4, 0.5) is 0 Å². The Morgan fingerprint density at radius 1 is 1.27 bits per heavy atom. The van der Waals surface area contributed by atoms with Gasteiger partial charge in [-0.1, -0.05) is 44.5 Å². The zero-order valence-electron chi connectivity index (χ0n) is 10.4. The quantitative estimate of drug-likeness (QED) is 0.776. The highest BCUT2D eigenvalue weighted by molar-refractivity contribution is 5.29. The van der Waals surface area contributed by atoms with Gasteiger partial charge in [0.25, 0.3) is 0 Å². The van der Waals surface area contributed by atoms with Gasteiger partial charge in [0.2, 0.25) is 0 Å². The highest BCUT2D eigenvalue weighted by atomic mass is 14.9. The lowest BCUT2D eigenvalue weighted by molar-refractivity contribution is 0.450. The van der Waals surface area contributed by atoms with Gasteiger partial charge < -0.3 is 5.32 Å². The molecule has 1 nitrogen and oxygen atoms in total. The number of rotatable bonds is 5. The van der Waals surface area contributed by atoms with E-state index >= 15 is 0 Å². The first-order chi connectivity index (χ1) is 7.20. The summed E-state index contributed by atoms with van der Waals surface area (Å²) in [6.45, 7) is 6.76. The molecule has 0 fully saturated rings. The molecular formula is C14H23N. The van der Waals surface area contributed by atoms with E-state index < -0.39 is 0 Å². The van der Waals surface area contributed by atoms with Crippen LogP contribution in [0.5, 0.6) is 0 Å². The number of hydrogen-bond donors (Lipinski definition) is 1. The molecule has 0 aromatic heterocycles. The molecule has 1 aromatic carbocycles. The predicted octanol–water partition coefficient (Wildman–Crippen LogP) is 3.49. The summed E-state index contributed by atoms with van der Waals surface area (Å²) in [7, 11) is 2.06. The van der Waals surface area contributed by atoms with E-state index in [1.54, 1.807) is 0 Å². The molecule has 0 radical (unpaired) electrons. The molecule has 0 saturated carbocycles. The Morgan fingerprint density at radius 2 is 1.93 bits per heavy atom. The Morgan fingerprint density at radius 3 is 2.47 bits per heavy atom. The predicted molar refractivity (Wildman–Crippen MR) is 67.3 cm³/mol. The van der Waals surface area contributed by atoms with Crippen LogP contribution in [0.15, 0.2) is 24.3 Å². The van der Waals surface area contributed by atoms with Gasteiger partial charge in [-0.15, -0.1) is 0 Å². The number of likely N-dealkylation sites (N-methyl/N-ethyl adjacent to an activating group) is 1. The van der Waals surface area contributed by atoms with Crippen molar-refractivity contribution in [3.8, 4) is 0 Å². The number of aryl methyl sites for hydroxylation is 1. The fraction of sp³-hybridized carbons (Fsp3) is 0.571. The Bertz CT molecular complexity index is 293. The molecule has 1 N–H and O–H groups in total. The standard InChI is InChI=1S/C14H23N/c1-5-8-14(15-4)12(3)13-10-7-6-9-11(13)2/h6-7,9-10,12,14-15H,5,8H2,1-4H3. The largest absolute Gasteiger partial charge is 0.316 e. The van der Waals surface area contributed by atoms with E-state index in [-0.39, 0.29) is 0 Å². The second kappa shape index (κ2) is 5.92. The van der Waals surface area contributed by atoms with Gasteiger partial charge in [0, 0.05) is 6.04 Å². The first-order valence-electron chi connectivity index (χ1n) is 5.93. The monoisotopic (exact) mass is 205 g/mol. The molecular weight excluding hydrogens is 182 g/mol. The molecule has 0 heterocycles. The van der Waals surface area contributed by atoms with Crippen LogP contribution in [0, 0.1) is 6.92 Å². The summed E-state index contributed by atoms with van der Waals surface area (Å²) in [5.74, 6) is 0.594. The lowest BCUT2D eigenvalue weighted by Gasteiger charge is -2.24. The molecule has 1 aromatic rings. The fourth-order valence-electron chi connectivity index (χ4n) is 2.27. The van der Waals surface area contributed by atoms with Crippen LogP contribution in [0.1, 0.15) is 43.7 Å². The van der Waals surface area contributed by atoms with E-state index in [4.69, 9.17) is 0 Å². The Labute approximate surface area is 93.9 Å². The summed E-state index contributed by atoms with van der Waals surface area (Å²) in [4.78, 5) is 0. The third kappa shape index (κ3) is 3.07. The number of nitrogens with one attached hydrogen (secondary N) is 1. The summed E-state index contributed by atoms with van der Waals surface area (Å²) >= 11 is 0. The lowest BCUT2D eigenvalue weighted by Crippen LogP contribution is -2.30. The summed E-state index contributed by atoms with van der Waals surface area (Å²) in [6, 6.07) is 9.29. The average molecular weight is 205 g/mol. The molecule has 0 aliphatic carbocycles. The molecule has 2 atom stereocenters. The third-order valence-corrected chi connectivity index (χ3v) is 3.25. The van der Waals surface area contributed by atoms with Gasteiger partial charge in [0.15, 0.2) is 0 Å². The van der Waals surface area contributed by atoms with Gasteiger partial charge in [-0.05, 0) is 37.4 Å². The van der Waals surface area contributed by atoms with Crippen molar-refractivity contribution in [1.82, 2.24) is 5.32 Å². The summed E-state index contributed by atoms with van der Waals surface area (Å²) < 4.78 is 0. The van der Waals surface area contributed by atoms with Gasteiger partial charge in [0.1, 0.15) is 0 Å². The molecule has 0 aliphatic heterocycles. The van der Waals surface area contributed by atoms with Gasteiger partial charge in [-0.2, -0.15) is 0 Å². The van der Waals surface area contributed by atoms with Crippen molar-refractivity contribution >= 4 is 0 Å². The van der Waals surface area contributed by atoms with Crippen molar-refractivity contribution in [2.24, 2.45) is 0 Å². The lowest BCUT2D eigenvalue weighted by atomic mass is 9.88. The molecule has 1 heteroatoms. The maximum absolute atomic E-state index is 3.43. The van der Waals surface area contributed by atoms with Crippen molar-refractivity contribution in [2.45, 2.75) is 45.6 Å². The van der Waals surface area contributed by atoms with Gasteiger partial charge >= 0.3 is 0 Å². The molecule has 0 spiro atoms. The first-order valence-corrected chi connectivity index (χ1v) is 5.93. The smallest absolute Gasteiger partial charge is 0.0130 e.